The smallest absolute Gasteiger partial charge is 0.339 e. The monoisotopic (exact) mass is 514 g/mol. The van der Waals surface area contributed by atoms with Crippen LogP contribution in [-0.2, 0) is 16.0 Å². The van der Waals surface area contributed by atoms with Gasteiger partial charge in [-0.05, 0) is 60.7 Å². The van der Waals surface area contributed by atoms with Crippen molar-refractivity contribution in [1.82, 2.24) is 10.3 Å². The first-order valence-electron chi connectivity index (χ1n) is 12.0. The summed E-state index contributed by atoms with van der Waals surface area (Å²) in [6.07, 6.45) is 2.80. The molecule has 0 spiro atoms. The molecule has 37 heavy (non-hydrogen) atoms. The number of pyridine rings is 1. The third kappa shape index (κ3) is 5.11. The number of para-hydroxylation sites is 1. The molecule has 1 aliphatic carbocycles. The second-order valence-corrected chi connectivity index (χ2v) is 9.32. The molecule has 1 amide bonds. The van der Waals surface area contributed by atoms with Crippen LogP contribution in [0.3, 0.4) is 0 Å². The van der Waals surface area contributed by atoms with E-state index in [2.05, 4.69) is 5.32 Å². The van der Waals surface area contributed by atoms with Crippen LogP contribution in [0, 0.1) is 5.82 Å². The number of ether oxygens (including phenoxy) is 1. The Bertz CT molecular complexity index is 1510. The summed E-state index contributed by atoms with van der Waals surface area (Å²) in [5.74, 6) is -1.42. The minimum Gasteiger partial charge on any atom is -0.452 e. The van der Waals surface area contributed by atoms with E-state index in [9.17, 15) is 14.0 Å². The Labute approximate surface area is 218 Å². The number of esters is 1. The molecule has 1 aliphatic rings. The van der Waals surface area contributed by atoms with Crippen molar-refractivity contribution in [3.63, 3.8) is 0 Å². The third-order valence-corrected chi connectivity index (χ3v) is 6.81. The summed E-state index contributed by atoms with van der Waals surface area (Å²) >= 11 is 6.24. The zero-order valence-electron chi connectivity index (χ0n) is 20.1. The molecule has 0 bridgehead atoms. The van der Waals surface area contributed by atoms with Crippen LogP contribution in [0.5, 0.6) is 0 Å². The van der Waals surface area contributed by atoms with Crippen LogP contribution in [0.15, 0.2) is 72.8 Å². The number of amides is 1. The fourth-order valence-corrected chi connectivity index (χ4v) is 4.86. The van der Waals surface area contributed by atoms with Gasteiger partial charge in [-0.2, -0.15) is 0 Å². The van der Waals surface area contributed by atoms with Crippen LogP contribution in [-0.4, -0.2) is 23.5 Å². The van der Waals surface area contributed by atoms with E-state index >= 15 is 0 Å². The molecule has 1 atom stereocenters. The number of carbonyl (C=O) groups is 2. The number of nitrogens with zero attached hydrogens (tertiary/aromatic N) is 1. The zero-order valence-corrected chi connectivity index (χ0v) is 20.9. The maximum Gasteiger partial charge on any atom is 0.339 e. The predicted octanol–water partition coefficient (Wildman–Crippen LogP) is 6.55. The Morgan fingerprint density at radius 1 is 1.05 bits per heavy atom. The molecule has 0 unspecified atom stereocenters. The third-order valence-electron chi connectivity index (χ3n) is 6.48. The number of aromatic nitrogens is 1. The summed E-state index contributed by atoms with van der Waals surface area (Å²) in [4.78, 5) is 30.6. The number of rotatable bonds is 6. The van der Waals surface area contributed by atoms with Crippen molar-refractivity contribution in [2.75, 3.05) is 6.61 Å². The first-order valence-corrected chi connectivity index (χ1v) is 12.4. The van der Waals surface area contributed by atoms with Crippen molar-refractivity contribution in [2.24, 2.45) is 0 Å². The molecule has 1 aromatic heterocycles. The predicted molar refractivity (Wildman–Crippen MR) is 143 cm³/mol. The summed E-state index contributed by atoms with van der Waals surface area (Å²) in [5, 5.41) is 3.80. The summed E-state index contributed by atoms with van der Waals surface area (Å²) in [5.41, 5.74) is 4.36. The average Bonchev–Trinajstić information content (AvgIpc) is 3.30. The second-order valence-electron chi connectivity index (χ2n) is 8.91. The molecule has 3 aromatic carbocycles. The minimum absolute atomic E-state index is 0.226. The maximum absolute atomic E-state index is 14.5. The highest BCUT2D eigenvalue weighted by molar-refractivity contribution is 6.32. The number of fused-ring (bicyclic) bond motifs is 2. The van der Waals surface area contributed by atoms with Crippen molar-refractivity contribution < 1.29 is 18.7 Å². The van der Waals surface area contributed by atoms with Crippen LogP contribution in [0.1, 0.15) is 52.1 Å². The highest BCUT2D eigenvalue weighted by atomic mass is 35.5. The number of hydrogen-bond donors (Lipinski definition) is 1. The summed E-state index contributed by atoms with van der Waals surface area (Å²) in [6.45, 7) is 1.46. The molecule has 186 valence electrons. The number of nitrogens with one attached hydrogen (secondary N) is 1. The molecule has 7 heteroatoms. The van der Waals surface area contributed by atoms with Gasteiger partial charge in [0.05, 0.1) is 27.8 Å². The lowest BCUT2D eigenvalue weighted by Gasteiger charge is -2.15. The quantitative estimate of drug-likeness (QED) is 0.296. The molecule has 0 radical (unpaired) electrons. The number of allylic oxidation sites excluding steroid dienone is 1. The van der Waals surface area contributed by atoms with Gasteiger partial charge >= 0.3 is 5.97 Å². The van der Waals surface area contributed by atoms with Gasteiger partial charge in [0.2, 0.25) is 0 Å². The zero-order chi connectivity index (χ0) is 25.9. The molecule has 0 saturated heterocycles. The highest BCUT2D eigenvalue weighted by Crippen LogP contribution is 2.38. The number of hydrogen-bond acceptors (Lipinski definition) is 4. The maximum atomic E-state index is 14.5. The Hall–Kier alpha value is -4.03. The minimum atomic E-state index is -0.595. The summed E-state index contributed by atoms with van der Waals surface area (Å²) in [6, 6.07) is 21.1. The molecule has 1 heterocycles. The van der Waals surface area contributed by atoms with Crippen molar-refractivity contribution >= 4 is 46.0 Å². The molecule has 1 N–H and O–H groups in total. The van der Waals surface area contributed by atoms with Gasteiger partial charge in [0.15, 0.2) is 6.61 Å². The van der Waals surface area contributed by atoms with Crippen LogP contribution in [0.25, 0.3) is 22.6 Å². The highest BCUT2D eigenvalue weighted by Gasteiger charge is 2.28. The molecule has 5 nitrogen and oxygen atoms in total. The summed E-state index contributed by atoms with van der Waals surface area (Å²) in [7, 11) is 0. The fourth-order valence-electron chi connectivity index (χ4n) is 4.65. The van der Waals surface area contributed by atoms with E-state index in [-0.39, 0.29) is 11.6 Å². The first-order chi connectivity index (χ1) is 17.9. The van der Waals surface area contributed by atoms with Crippen molar-refractivity contribution in [3.8, 4) is 0 Å². The molecule has 0 saturated carbocycles. The van der Waals surface area contributed by atoms with Crippen molar-refractivity contribution in [1.29, 1.82) is 0 Å². The molecule has 5 rings (SSSR count). The SMILES string of the molecule is C[C@H](NC(=O)COC(=O)c1c2c(nc3ccccc13)/C(=C/c1c(F)cccc1Cl)CC2)c1ccccc1. The summed E-state index contributed by atoms with van der Waals surface area (Å²) < 4.78 is 19.9. The second kappa shape index (κ2) is 10.5. The van der Waals surface area contributed by atoms with E-state index in [0.717, 1.165) is 16.7 Å². The van der Waals surface area contributed by atoms with Gasteiger partial charge in [0, 0.05) is 10.9 Å². The Kier molecular flexibility index (Phi) is 7.01. The van der Waals surface area contributed by atoms with Crippen molar-refractivity contribution in [2.45, 2.75) is 25.8 Å². The van der Waals surface area contributed by atoms with Crippen LogP contribution < -0.4 is 5.32 Å². The topological polar surface area (TPSA) is 68.3 Å². The largest absolute Gasteiger partial charge is 0.452 e. The first kappa shape index (κ1) is 24.7. The van der Waals surface area contributed by atoms with Gasteiger partial charge in [-0.3, -0.25) is 4.79 Å². The van der Waals surface area contributed by atoms with Crippen LogP contribution >= 0.6 is 11.6 Å². The lowest BCUT2D eigenvalue weighted by molar-refractivity contribution is -0.124. The number of benzene rings is 3. The van der Waals surface area contributed by atoms with Gasteiger partial charge in [0.1, 0.15) is 5.82 Å². The lowest BCUT2D eigenvalue weighted by Crippen LogP contribution is -2.31. The molecular formula is C30H24ClFN2O3. The van der Waals surface area contributed by atoms with Crippen LogP contribution in [0.2, 0.25) is 5.02 Å². The van der Waals surface area contributed by atoms with E-state index in [1.807, 2.05) is 61.5 Å². The molecule has 0 fully saturated rings. The van der Waals surface area contributed by atoms with Gasteiger partial charge in [0.25, 0.3) is 5.91 Å². The molecular weight excluding hydrogens is 491 g/mol. The lowest BCUT2D eigenvalue weighted by atomic mass is 10.0. The Morgan fingerprint density at radius 2 is 1.81 bits per heavy atom. The Balaban J connectivity index is 1.43. The number of carbonyl (C=O) groups excluding carboxylic acids is 2. The standard InChI is InChI=1S/C30H24ClFN2O3/c1-18(19-8-3-2-4-9-19)33-27(35)17-37-30(36)28-21-10-5-6-13-26(21)34-29-20(14-15-22(28)29)16-23-24(31)11-7-12-25(23)32/h2-13,16,18H,14-15,17H2,1H3,(H,33,35)/b20-16+/t18-/m0/s1. The molecule has 0 aliphatic heterocycles. The van der Waals surface area contributed by atoms with Gasteiger partial charge in [-0.25, -0.2) is 14.2 Å². The normalized spacial score (nSPS) is 14.4. The number of halogens is 2. The van der Waals surface area contributed by atoms with Crippen molar-refractivity contribution in [3.05, 3.63) is 112 Å². The van der Waals surface area contributed by atoms with Gasteiger partial charge in [-0.15, -0.1) is 0 Å². The van der Waals surface area contributed by atoms with E-state index in [1.165, 1.54) is 6.07 Å². The van der Waals surface area contributed by atoms with Gasteiger partial charge in [-0.1, -0.05) is 66.2 Å². The van der Waals surface area contributed by atoms with E-state index in [4.69, 9.17) is 21.3 Å². The van der Waals surface area contributed by atoms with Gasteiger partial charge < -0.3 is 10.1 Å². The Morgan fingerprint density at radius 3 is 2.59 bits per heavy atom. The average molecular weight is 515 g/mol. The van der Waals surface area contributed by atoms with Crippen LogP contribution in [0.4, 0.5) is 4.39 Å². The van der Waals surface area contributed by atoms with E-state index in [0.29, 0.717) is 40.0 Å². The van der Waals surface area contributed by atoms with E-state index < -0.39 is 24.3 Å². The van der Waals surface area contributed by atoms with E-state index in [1.54, 1.807) is 18.2 Å². The molecule has 4 aromatic rings. The fraction of sp³-hybridized carbons (Fsp3) is 0.167.